The fourth-order valence-electron chi connectivity index (χ4n) is 3.73. The van der Waals surface area contributed by atoms with Crippen molar-refractivity contribution in [3.63, 3.8) is 0 Å². The number of nitrogens with zero attached hydrogens (tertiary/aromatic N) is 1. The number of ether oxygens (including phenoxy) is 2. The first-order valence-corrected chi connectivity index (χ1v) is 10.6. The minimum absolute atomic E-state index is 0. The summed E-state index contributed by atoms with van der Waals surface area (Å²) < 4.78 is 34.9. The SMILES string of the molecule is CCNC(=NCC(O)c1ccc(OC(F)F)cc1)NCC1CCCOC1C(C)(C)C.I. The predicted octanol–water partition coefficient (Wildman–Crippen LogP) is 4.34. The summed E-state index contributed by atoms with van der Waals surface area (Å²) in [5.41, 5.74) is 0.656. The van der Waals surface area contributed by atoms with Crippen LogP contribution in [0.1, 0.15) is 52.2 Å². The Morgan fingerprint density at radius 2 is 1.94 bits per heavy atom. The van der Waals surface area contributed by atoms with Crippen LogP contribution in [0.2, 0.25) is 0 Å². The molecule has 0 spiro atoms. The van der Waals surface area contributed by atoms with Crippen molar-refractivity contribution in [3.8, 4) is 5.75 Å². The number of aliphatic hydroxyl groups is 1. The molecule has 0 aromatic heterocycles. The monoisotopic (exact) mass is 555 g/mol. The minimum atomic E-state index is -2.87. The van der Waals surface area contributed by atoms with Gasteiger partial charge in [-0.3, -0.25) is 4.99 Å². The van der Waals surface area contributed by atoms with E-state index in [4.69, 9.17) is 4.74 Å². The van der Waals surface area contributed by atoms with Gasteiger partial charge in [-0.25, -0.2) is 0 Å². The molecule has 3 atom stereocenters. The zero-order valence-electron chi connectivity index (χ0n) is 18.7. The van der Waals surface area contributed by atoms with Gasteiger partial charge in [-0.05, 0) is 42.9 Å². The summed E-state index contributed by atoms with van der Waals surface area (Å²) in [4.78, 5) is 4.48. The van der Waals surface area contributed by atoms with E-state index in [1.54, 1.807) is 12.1 Å². The lowest BCUT2D eigenvalue weighted by Crippen LogP contribution is -2.47. The van der Waals surface area contributed by atoms with E-state index in [2.05, 4.69) is 41.1 Å². The molecule has 3 N–H and O–H groups in total. The van der Waals surface area contributed by atoms with Crippen LogP contribution in [-0.2, 0) is 4.74 Å². The van der Waals surface area contributed by atoms with Gasteiger partial charge < -0.3 is 25.2 Å². The van der Waals surface area contributed by atoms with E-state index >= 15 is 0 Å². The molecule has 3 unspecified atom stereocenters. The third-order valence-corrected chi connectivity index (χ3v) is 5.09. The van der Waals surface area contributed by atoms with Crippen molar-refractivity contribution < 1.29 is 23.4 Å². The molecule has 2 rings (SSSR count). The maximum Gasteiger partial charge on any atom is 0.387 e. The van der Waals surface area contributed by atoms with Crippen LogP contribution < -0.4 is 15.4 Å². The van der Waals surface area contributed by atoms with Gasteiger partial charge in [0.1, 0.15) is 5.75 Å². The number of hydrogen-bond donors (Lipinski definition) is 3. The van der Waals surface area contributed by atoms with Crippen molar-refractivity contribution in [2.24, 2.45) is 16.3 Å². The van der Waals surface area contributed by atoms with Crippen LogP contribution in [0.3, 0.4) is 0 Å². The zero-order valence-corrected chi connectivity index (χ0v) is 21.1. The topological polar surface area (TPSA) is 75.1 Å². The van der Waals surface area contributed by atoms with Crippen molar-refractivity contribution in [1.29, 1.82) is 0 Å². The second-order valence-electron chi connectivity index (χ2n) is 8.62. The van der Waals surface area contributed by atoms with E-state index in [9.17, 15) is 13.9 Å². The van der Waals surface area contributed by atoms with Crippen molar-refractivity contribution in [1.82, 2.24) is 10.6 Å². The van der Waals surface area contributed by atoms with E-state index in [1.807, 2.05) is 6.92 Å². The molecule has 0 aliphatic carbocycles. The smallest absolute Gasteiger partial charge is 0.387 e. The lowest BCUT2D eigenvalue weighted by Gasteiger charge is -2.40. The van der Waals surface area contributed by atoms with Crippen LogP contribution in [0.5, 0.6) is 5.75 Å². The number of nitrogens with one attached hydrogen (secondary N) is 2. The van der Waals surface area contributed by atoms with E-state index in [0.717, 1.165) is 26.0 Å². The van der Waals surface area contributed by atoms with Crippen LogP contribution in [0.4, 0.5) is 8.78 Å². The molecule has 31 heavy (non-hydrogen) atoms. The lowest BCUT2D eigenvalue weighted by molar-refractivity contribution is -0.0835. The molecule has 1 heterocycles. The van der Waals surface area contributed by atoms with Crippen molar-refractivity contribution in [2.75, 3.05) is 26.2 Å². The summed E-state index contributed by atoms with van der Waals surface area (Å²) in [5.74, 6) is 1.07. The number of guanidine groups is 1. The van der Waals surface area contributed by atoms with Gasteiger partial charge in [0.25, 0.3) is 0 Å². The molecule has 1 aromatic carbocycles. The van der Waals surface area contributed by atoms with Gasteiger partial charge in [-0.1, -0.05) is 32.9 Å². The minimum Gasteiger partial charge on any atom is -0.435 e. The average Bonchev–Trinajstić information content (AvgIpc) is 2.69. The van der Waals surface area contributed by atoms with Crippen LogP contribution in [0.15, 0.2) is 29.3 Å². The maximum atomic E-state index is 12.2. The Morgan fingerprint density at radius 3 is 2.52 bits per heavy atom. The second-order valence-corrected chi connectivity index (χ2v) is 8.62. The van der Waals surface area contributed by atoms with Crippen LogP contribution in [-0.4, -0.2) is 50.0 Å². The van der Waals surface area contributed by atoms with Gasteiger partial charge in [0.2, 0.25) is 0 Å². The van der Waals surface area contributed by atoms with Gasteiger partial charge >= 0.3 is 6.61 Å². The molecule has 9 heteroatoms. The molecule has 0 radical (unpaired) electrons. The van der Waals surface area contributed by atoms with Gasteiger partial charge in [0, 0.05) is 25.6 Å². The molecule has 178 valence electrons. The van der Waals surface area contributed by atoms with Crippen molar-refractivity contribution >= 4 is 29.9 Å². The molecular formula is C22H36F2IN3O3. The van der Waals surface area contributed by atoms with Gasteiger partial charge in [-0.15, -0.1) is 24.0 Å². The summed E-state index contributed by atoms with van der Waals surface area (Å²) in [6.07, 6.45) is 1.49. The molecule has 1 aliphatic heterocycles. The van der Waals surface area contributed by atoms with Crippen LogP contribution >= 0.6 is 24.0 Å². The first-order chi connectivity index (χ1) is 14.2. The highest BCUT2D eigenvalue weighted by Crippen LogP contribution is 2.33. The Morgan fingerprint density at radius 1 is 1.26 bits per heavy atom. The second kappa shape index (κ2) is 13.4. The Kier molecular flexibility index (Phi) is 12.0. The Labute approximate surface area is 201 Å². The summed E-state index contributed by atoms with van der Waals surface area (Å²) in [6, 6.07) is 5.94. The molecule has 6 nitrogen and oxygen atoms in total. The van der Waals surface area contributed by atoms with E-state index in [-0.39, 0.29) is 47.8 Å². The number of alkyl halides is 2. The van der Waals surface area contributed by atoms with Crippen LogP contribution in [0.25, 0.3) is 0 Å². The van der Waals surface area contributed by atoms with E-state index in [1.165, 1.54) is 12.1 Å². The third kappa shape index (κ3) is 9.44. The van der Waals surface area contributed by atoms with Gasteiger partial charge in [0.05, 0.1) is 18.8 Å². The fourth-order valence-corrected chi connectivity index (χ4v) is 3.73. The summed E-state index contributed by atoms with van der Waals surface area (Å²) >= 11 is 0. The Balaban J connectivity index is 0.00000480. The number of benzene rings is 1. The molecule has 1 aliphatic rings. The number of hydrogen-bond acceptors (Lipinski definition) is 4. The number of halogens is 3. The fraction of sp³-hybridized carbons (Fsp3) is 0.682. The predicted molar refractivity (Wildman–Crippen MR) is 129 cm³/mol. The summed E-state index contributed by atoms with van der Waals surface area (Å²) in [5, 5.41) is 17.0. The third-order valence-electron chi connectivity index (χ3n) is 5.09. The highest BCUT2D eigenvalue weighted by molar-refractivity contribution is 14.0. The molecule has 0 saturated carbocycles. The molecule has 0 bridgehead atoms. The van der Waals surface area contributed by atoms with E-state index < -0.39 is 12.7 Å². The van der Waals surface area contributed by atoms with E-state index in [0.29, 0.717) is 24.0 Å². The molecule has 1 aromatic rings. The quantitative estimate of drug-likeness (QED) is 0.253. The number of rotatable bonds is 8. The summed E-state index contributed by atoms with van der Waals surface area (Å²) in [6.45, 7) is 8.10. The highest BCUT2D eigenvalue weighted by Gasteiger charge is 2.35. The Hall–Kier alpha value is -1.20. The normalized spacial score (nSPS) is 20.7. The standard InChI is InChI=1S/C22H35F2N3O3.HI/c1-5-25-21(26-13-16-7-6-12-29-19(16)22(2,3)4)27-14-18(28)15-8-10-17(11-9-15)30-20(23)24;/h8-11,16,18-20,28H,5-7,12-14H2,1-4H3,(H2,25,26,27);1H. The molecule has 0 amide bonds. The summed E-state index contributed by atoms with van der Waals surface area (Å²) in [7, 11) is 0. The van der Waals surface area contributed by atoms with Gasteiger partial charge in [-0.2, -0.15) is 8.78 Å². The first kappa shape index (κ1) is 27.8. The molecule has 1 fully saturated rings. The largest absolute Gasteiger partial charge is 0.435 e. The van der Waals surface area contributed by atoms with Crippen molar-refractivity contribution in [3.05, 3.63) is 29.8 Å². The highest BCUT2D eigenvalue weighted by atomic mass is 127. The first-order valence-electron chi connectivity index (χ1n) is 10.6. The molecule has 1 saturated heterocycles. The average molecular weight is 555 g/mol. The van der Waals surface area contributed by atoms with Crippen LogP contribution in [0, 0.1) is 11.3 Å². The zero-order chi connectivity index (χ0) is 22.1. The van der Waals surface area contributed by atoms with Gasteiger partial charge in [0.15, 0.2) is 5.96 Å². The number of aliphatic hydroxyl groups excluding tert-OH is 1. The Bertz CT molecular complexity index is 669. The van der Waals surface area contributed by atoms with Crippen molar-refractivity contribution in [2.45, 2.75) is 59.4 Å². The number of aliphatic imine (C=N–C) groups is 1. The maximum absolute atomic E-state index is 12.2. The lowest BCUT2D eigenvalue weighted by atomic mass is 9.78. The molecular weight excluding hydrogens is 519 g/mol.